The van der Waals surface area contributed by atoms with Gasteiger partial charge in [0.25, 0.3) is 0 Å². The Hall–Kier alpha value is -2.28. The molecule has 7 nitrogen and oxygen atoms in total. The average Bonchev–Trinajstić information content (AvgIpc) is 2.29. The molecule has 0 fully saturated rings. The van der Waals surface area contributed by atoms with Gasteiger partial charge in [-0.1, -0.05) is 0 Å². The maximum atomic E-state index is 11.8. The Kier molecular flexibility index (Phi) is 5.33. The van der Waals surface area contributed by atoms with Gasteiger partial charge in [-0.2, -0.15) is 0 Å². The first-order valence-corrected chi connectivity index (χ1v) is 6.08. The molecule has 0 saturated carbocycles. The SMILES string of the molecule is CC(CN(C)C)NC(=O)Nc1ccc(O)cc1C(=O)O. The van der Waals surface area contributed by atoms with Crippen LogP contribution in [0.5, 0.6) is 5.75 Å². The topological polar surface area (TPSA) is 102 Å². The highest BCUT2D eigenvalue weighted by Gasteiger charge is 2.14. The van der Waals surface area contributed by atoms with Gasteiger partial charge in [0.2, 0.25) is 0 Å². The van der Waals surface area contributed by atoms with Crippen molar-refractivity contribution < 1.29 is 19.8 Å². The van der Waals surface area contributed by atoms with E-state index in [0.717, 1.165) is 6.07 Å². The third kappa shape index (κ3) is 4.77. The van der Waals surface area contributed by atoms with Crippen LogP contribution in [0, 0.1) is 0 Å². The zero-order chi connectivity index (χ0) is 15.3. The van der Waals surface area contributed by atoms with Gasteiger partial charge in [-0.05, 0) is 39.2 Å². The summed E-state index contributed by atoms with van der Waals surface area (Å²) in [5.74, 6) is -1.40. The zero-order valence-electron chi connectivity index (χ0n) is 11.7. The van der Waals surface area contributed by atoms with Crippen LogP contribution in [0.1, 0.15) is 17.3 Å². The molecule has 110 valence electrons. The second-order valence-corrected chi connectivity index (χ2v) is 4.80. The number of hydrogen-bond donors (Lipinski definition) is 4. The molecule has 0 radical (unpaired) electrons. The number of anilines is 1. The van der Waals surface area contributed by atoms with Crippen molar-refractivity contribution in [1.29, 1.82) is 0 Å². The molecule has 0 aliphatic rings. The molecule has 0 saturated heterocycles. The molecule has 7 heteroatoms. The lowest BCUT2D eigenvalue weighted by atomic mass is 10.1. The van der Waals surface area contributed by atoms with Crippen LogP contribution < -0.4 is 10.6 Å². The van der Waals surface area contributed by atoms with Crippen LogP contribution in [-0.4, -0.2) is 53.8 Å². The lowest BCUT2D eigenvalue weighted by Gasteiger charge is -2.19. The van der Waals surface area contributed by atoms with Gasteiger partial charge in [-0.15, -0.1) is 0 Å². The summed E-state index contributed by atoms with van der Waals surface area (Å²) in [5, 5.41) is 23.4. The molecule has 2 amide bonds. The van der Waals surface area contributed by atoms with Gasteiger partial charge in [-0.25, -0.2) is 9.59 Å². The number of phenols is 1. The summed E-state index contributed by atoms with van der Waals surface area (Å²) in [4.78, 5) is 24.7. The summed E-state index contributed by atoms with van der Waals surface area (Å²) in [6.07, 6.45) is 0. The largest absolute Gasteiger partial charge is 0.508 e. The minimum atomic E-state index is -1.22. The maximum Gasteiger partial charge on any atom is 0.337 e. The van der Waals surface area contributed by atoms with Crippen LogP contribution in [0.4, 0.5) is 10.5 Å². The van der Waals surface area contributed by atoms with Crippen LogP contribution in [-0.2, 0) is 0 Å². The third-order valence-electron chi connectivity index (χ3n) is 2.50. The number of aromatic hydroxyl groups is 1. The van der Waals surface area contributed by atoms with E-state index in [1.165, 1.54) is 12.1 Å². The van der Waals surface area contributed by atoms with Crippen molar-refractivity contribution in [2.24, 2.45) is 0 Å². The summed E-state index contributed by atoms with van der Waals surface area (Å²) in [6.45, 7) is 2.50. The molecule has 0 aliphatic heterocycles. The lowest BCUT2D eigenvalue weighted by Crippen LogP contribution is -2.41. The average molecular weight is 281 g/mol. The molecule has 0 bridgehead atoms. The van der Waals surface area contributed by atoms with Crippen molar-refractivity contribution in [1.82, 2.24) is 10.2 Å². The molecule has 1 aromatic carbocycles. The number of amides is 2. The van der Waals surface area contributed by atoms with Crippen LogP contribution in [0.2, 0.25) is 0 Å². The highest BCUT2D eigenvalue weighted by atomic mass is 16.4. The number of urea groups is 1. The van der Waals surface area contributed by atoms with E-state index in [9.17, 15) is 14.7 Å². The summed E-state index contributed by atoms with van der Waals surface area (Å²) in [6, 6.07) is 3.16. The number of carboxylic acids is 1. The van der Waals surface area contributed by atoms with E-state index in [1.54, 1.807) is 0 Å². The first-order valence-electron chi connectivity index (χ1n) is 6.08. The first kappa shape index (κ1) is 15.8. The van der Waals surface area contributed by atoms with E-state index >= 15 is 0 Å². The molecule has 0 heterocycles. The highest BCUT2D eigenvalue weighted by molar-refractivity contribution is 6.00. The van der Waals surface area contributed by atoms with Crippen molar-refractivity contribution >= 4 is 17.7 Å². The van der Waals surface area contributed by atoms with E-state index in [1.807, 2.05) is 25.9 Å². The van der Waals surface area contributed by atoms with E-state index in [2.05, 4.69) is 10.6 Å². The fourth-order valence-electron chi connectivity index (χ4n) is 1.79. The minimum Gasteiger partial charge on any atom is -0.508 e. The minimum absolute atomic E-state index is 0.0876. The first-order chi connectivity index (χ1) is 9.29. The number of carbonyl (C=O) groups is 2. The summed E-state index contributed by atoms with van der Waals surface area (Å²) < 4.78 is 0. The van der Waals surface area contributed by atoms with Gasteiger partial charge in [0.05, 0.1) is 11.3 Å². The van der Waals surface area contributed by atoms with E-state index in [0.29, 0.717) is 6.54 Å². The molecular formula is C13H19N3O4. The molecule has 1 aromatic rings. The number of carboxylic acid groups (broad SMARTS) is 1. The molecular weight excluding hydrogens is 262 g/mol. The fraction of sp³-hybridized carbons (Fsp3) is 0.385. The van der Waals surface area contributed by atoms with Gasteiger partial charge in [0.15, 0.2) is 0 Å². The number of benzene rings is 1. The smallest absolute Gasteiger partial charge is 0.337 e. The van der Waals surface area contributed by atoms with Gasteiger partial charge in [0, 0.05) is 12.6 Å². The van der Waals surface area contributed by atoms with Gasteiger partial charge >= 0.3 is 12.0 Å². The Morgan fingerprint density at radius 3 is 2.55 bits per heavy atom. The number of aromatic carboxylic acids is 1. The molecule has 0 spiro atoms. The molecule has 4 N–H and O–H groups in total. The monoisotopic (exact) mass is 281 g/mol. The van der Waals surface area contributed by atoms with Gasteiger partial charge in [-0.3, -0.25) is 0 Å². The number of phenolic OH excluding ortho intramolecular Hbond substituents is 1. The normalized spacial score (nSPS) is 12.0. The van der Waals surface area contributed by atoms with Crippen molar-refractivity contribution in [3.63, 3.8) is 0 Å². The van der Waals surface area contributed by atoms with E-state index in [4.69, 9.17) is 5.11 Å². The molecule has 0 aliphatic carbocycles. The van der Waals surface area contributed by atoms with Gasteiger partial charge < -0.3 is 25.7 Å². The standard InChI is InChI=1S/C13H19N3O4/c1-8(7-16(2)3)14-13(20)15-11-5-4-9(17)6-10(11)12(18)19/h4-6,8,17H,7H2,1-3H3,(H,18,19)(H2,14,15,20). The molecule has 1 atom stereocenters. The zero-order valence-corrected chi connectivity index (χ0v) is 11.7. The summed E-state index contributed by atoms with van der Waals surface area (Å²) in [7, 11) is 3.77. The Morgan fingerprint density at radius 2 is 2.00 bits per heavy atom. The predicted octanol–water partition coefficient (Wildman–Crippen LogP) is 1.16. The second-order valence-electron chi connectivity index (χ2n) is 4.80. The number of rotatable bonds is 5. The van der Waals surface area contributed by atoms with Crippen molar-refractivity contribution in [3.8, 4) is 5.75 Å². The molecule has 0 aromatic heterocycles. The number of nitrogens with one attached hydrogen (secondary N) is 2. The summed E-state index contributed by atoms with van der Waals surface area (Å²) in [5.41, 5.74) is -0.0368. The van der Waals surface area contributed by atoms with Crippen LogP contribution in [0.3, 0.4) is 0 Å². The maximum absolute atomic E-state index is 11.8. The summed E-state index contributed by atoms with van der Waals surface area (Å²) >= 11 is 0. The number of carbonyl (C=O) groups excluding carboxylic acids is 1. The Bertz CT molecular complexity index is 502. The van der Waals surface area contributed by atoms with Crippen molar-refractivity contribution in [2.75, 3.05) is 26.0 Å². The second kappa shape index (κ2) is 6.76. The highest BCUT2D eigenvalue weighted by Crippen LogP contribution is 2.21. The molecule has 20 heavy (non-hydrogen) atoms. The fourth-order valence-corrected chi connectivity index (χ4v) is 1.79. The lowest BCUT2D eigenvalue weighted by molar-refractivity contribution is 0.0697. The Labute approximate surface area is 117 Å². The third-order valence-corrected chi connectivity index (χ3v) is 2.50. The van der Waals surface area contributed by atoms with Gasteiger partial charge in [0.1, 0.15) is 5.75 Å². The number of nitrogens with zero attached hydrogens (tertiary/aromatic N) is 1. The van der Waals surface area contributed by atoms with Crippen molar-refractivity contribution in [2.45, 2.75) is 13.0 Å². The number of likely N-dealkylation sites (N-methyl/N-ethyl adjacent to an activating group) is 1. The van der Waals surface area contributed by atoms with Crippen LogP contribution in [0.25, 0.3) is 0 Å². The predicted molar refractivity (Wildman–Crippen MR) is 75.2 cm³/mol. The Balaban J connectivity index is 2.73. The quantitative estimate of drug-likeness (QED) is 0.607. The van der Waals surface area contributed by atoms with Crippen molar-refractivity contribution in [3.05, 3.63) is 23.8 Å². The van der Waals surface area contributed by atoms with Crippen LogP contribution in [0.15, 0.2) is 18.2 Å². The molecule has 1 rings (SSSR count). The van der Waals surface area contributed by atoms with Crippen LogP contribution >= 0.6 is 0 Å². The molecule has 1 unspecified atom stereocenters. The van der Waals surface area contributed by atoms with E-state index in [-0.39, 0.29) is 23.0 Å². The van der Waals surface area contributed by atoms with E-state index < -0.39 is 12.0 Å². The Morgan fingerprint density at radius 1 is 1.35 bits per heavy atom. The number of hydrogen-bond acceptors (Lipinski definition) is 4.